The fourth-order valence-corrected chi connectivity index (χ4v) is 4.67. The molecule has 1 aromatic heterocycles. The van der Waals surface area contributed by atoms with Crippen LogP contribution in [0.5, 0.6) is 17.2 Å². The van der Waals surface area contributed by atoms with Gasteiger partial charge in [0.25, 0.3) is 0 Å². The molecule has 0 spiro atoms. The quantitative estimate of drug-likeness (QED) is 0.0845. The molecule has 0 aliphatic rings. The number of rotatable bonds is 13. The van der Waals surface area contributed by atoms with Gasteiger partial charge in [0.1, 0.15) is 5.75 Å². The van der Waals surface area contributed by atoms with Crippen LogP contribution in [-0.2, 0) is 0 Å². The van der Waals surface area contributed by atoms with Crippen LogP contribution in [0.25, 0.3) is 10.2 Å². The molecule has 0 saturated heterocycles. The lowest BCUT2D eigenvalue weighted by Gasteiger charge is -2.11. The largest absolute Gasteiger partial charge is 0.494 e. The highest BCUT2D eigenvalue weighted by atomic mass is 32.1. The first-order valence-corrected chi connectivity index (χ1v) is 13.8. The van der Waals surface area contributed by atoms with Gasteiger partial charge in [0.05, 0.1) is 42.4 Å². The zero-order chi connectivity index (χ0) is 26.6. The van der Waals surface area contributed by atoms with E-state index in [1.165, 1.54) is 19.3 Å². The molecule has 0 atom stereocenters. The first-order valence-electron chi connectivity index (χ1n) is 13.0. The van der Waals surface area contributed by atoms with Gasteiger partial charge in [0.2, 0.25) is 0 Å². The minimum absolute atomic E-state index is 0.561. The summed E-state index contributed by atoms with van der Waals surface area (Å²) in [5.41, 5.74) is 5.67. The molecule has 0 aliphatic carbocycles. The van der Waals surface area contributed by atoms with Crippen LogP contribution in [-0.4, -0.2) is 37.4 Å². The van der Waals surface area contributed by atoms with E-state index < -0.39 is 0 Å². The summed E-state index contributed by atoms with van der Waals surface area (Å²) in [5.74, 6) is 2.78. The number of nitrogens with one attached hydrogen (secondary N) is 1. The van der Waals surface area contributed by atoms with Crippen LogP contribution < -0.4 is 19.6 Å². The van der Waals surface area contributed by atoms with Crippen LogP contribution >= 0.6 is 11.3 Å². The molecule has 0 fully saturated rings. The Morgan fingerprint density at radius 2 is 1.79 bits per heavy atom. The van der Waals surface area contributed by atoms with Gasteiger partial charge in [-0.05, 0) is 73.5 Å². The van der Waals surface area contributed by atoms with E-state index in [0.29, 0.717) is 24.8 Å². The third-order valence-electron chi connectivity index (χ3n) is 5.71. The Labute approximate surface area is 228 Å². The van der Waals surface area contributed by atoms with Crippen molar-refractivity contribution in [3.8, 4) is 17.2 Å². The highest BCUT2D eigenvalue weighted by molar-refractivity contribution is 7.20. The number of methoxy groups -OCH3 is 1. The van der Waals surface area contributed by atoms with Crippen LogP contribution in [0.2, 0.25) is 0 Å². The predicted octanol–water partition coefficient (Wildman–Crippen LogP) is 7.36. The number of fused-ring (bicyclic) bond motifs is 1. The number of hydrazone groups is 1. The molecule has 0 amide bonds. The number of nitrogens with zero attached hydrogens (tertiary/aromatic N) is 3. The number of unbranched alkanes of at least 4 members (excludes halogenated alkanes) is 3. The highest BCUT2D eigenvalue weighted by Crippen LogP contribution is 2.28. The fourth-order valence-electron chi connectivity index (χ4n) is 3.77. The number of aliphatic imine (C=N–C) groups is 1. The van der Waals surface area contributed by atoms with Gasteiger partial charge in [-0.15, -0.1) is 11.3 Å². The lowest BCUT2D eigenvalue weighted by Crippen LogP contribution is -2.18. The monoisotopic (exact) mass is 530 g/mol. The van der Waals surface area contributed by atoms with Crippen LogP contribution in [0, 0.1) is 0 Å². The molecular formula is C30H34N4O3S. The second-order valence-corrected chi connectivity index (χ2v) is 9.59. The van der Waals surface area contributed by atoms with Gasteiger partial charge < -0.3 is 14.2 Å². The number of thiazole rings is 1. The Hall–Kier alpha value is -3.91. The molecule has 4 rings (SSSR count). The second-order valence-electron chi connectivity index (χ2n) is 8.56. The van der Waals surface area contributed by atoms with Crippen LogP contribution in [0.3, 0.4) is 0 Å². The van der Waals surface area contributed by atoms with Crippen LogP contribution in [0.1, 0.15) is 50.1 Å². The van der Waals surface area contributed by atoms with Crippen LogP contribution in [0.4, 0.5) is 5.69 Å². The highest BCUT2D eigenvalue weighted by Gasteiger charge is 2.11. The summed E-state index contributed by atoms with van der Waals surface area (Å²) >= 11 is 1.56. The first-order chi connectivity index (χ1) is 18.7. The van der Waals surface area contributed by atoms with Gasteiger partial charge in [-0.25, -0.2) is 9.98 Å². The molecule has 0 aliphatic heterocycles. The normalized spacial score (nSPS) is 11.7. The van der Waals surface area contributed by atoms with Crippen molar-refractivity contribution in [1.82, 2.24) is 10.4 Å². The van der Waals surface area contributed by atoms with E-state index in [0.717, 1.165) is 44.4 Å². The molecule has 1 N–H and O–H groups in total. The molecule has 0 unspecified atom stereocenters. The van der Waals surface area contributed by atoms with Gasteiger partial charge >= 0.3 is 0 Å². The van der Waals surface area contributed by atoms with Crippen molar-refractivity contribution >= 4 is 39.3 Å². The molecule has 198 valence electrons. The minimum Gasteiger partial charge on any atom is -0.494 e. The van der Waals surface area contributed by atoms with Crippen molar-refractivity contribution < 1.29 is 14.2 Å². The Morgan fingerprint density at radius 3 is 2.55 bits per heavy atom. The summed E-state index contributed by atoms with van der Waals surface area (Å²) in [7, 11) is 1.65. The molecule has 3 aromatic carbocycles. The molecule has 38 heavy (non-hydrogen) atoms. The Balaban J connectivity index is 1.51. The van der Waals surface area contributed by atoms with Gasteiger partial charge in [-0.3, -0.25) is 5.43 Å². The SMILES string of the molecule is CCCCCCOc1ccc(/C=N/NC(=Nc2ccc(OCC)cc2)c2nc3ccccc3s2)cc1OC. The van der Waals surface area contributed by atoms with E-state index in [4.69, 9.17) is 24.2 Å². The molecule has 0 bridgehead atoms. The third kappa shape index (κ3) is 7.55. The summed E-state index contributed by atoms with van der Waals surface area (Å²) in [4.78, 5) is 9.56. The van der Waals surface area contributed by atoms with E-state index in [1.54, 1.807) is 24.7 Å². The summed E-state index contributed by atoms with van der Waals surface area (Å²) in [6.45, 7) is 5.46. The Morgan fingerprint density at radius 1 is 0.947 bits per heavy atom. The van der Waals surface area contributed by atoms with Gasteiger partial charge in [-0.1, -0.05) is 38.3 Å². The van der Waals surface area contributed by atoms with Gasteiger partial charge in [-0.2, -0.15) is 5.10 Å². The summed E-state index contributed by atoms with van der Waals surface area (Å²) in [6.07, 6.45) is 6.37. The fraction of sp³-hybridized carbons (Fsp3) is 0.300. The van der Waals surface area contributed by atoms with E-state index >= 15 is 0 Å². The van der Waals surface area contributed by atoms with Crippen molar-refractivity contribution in [2.24, 2.45) is 10.1 Å². The predicted molar refractivity (Wildman–Crippen MR) is 157 cm³/mol. The molecule has 0 saturated carbocycles. The molecule has 4 aromatic rings. The number of aromatic nitrogens is 1. The molecular weight excluding hydrogens is 496 g/mol. The first kappa shape index (κ1) is 27.1. The lowest BCUT2D eigenvalue weighted by molar-refractivity contribution is 0.285. The number of benzene rings is 3. The van der Waals surface area contributed by atoms with E-state index in [-0.39, 0.29) is 0 Å². The smallest absolute Gasteiger partial charge is 0.183 e. The van der Waals surface area contributed by atoms with Crippen molar-refractivity contribution in [1.29, 1.82) is 0 Å². The Kier molecular flexibility index (Phi) is 10.1. The average molecular weight is 531 g/mol. The molecule has 0 radical (unpaired) electrons. The molecule has 8 heteroatoms. The maximum Gasteiger partial charge on any atom is 0.183 e. The van der Waals surface area contributed by atoms with Crippen molar-refractivity contribution in [3.63, 3.8) is 0 Å². The number of para-hydroxylation sites is 1. The summed E-state index contributed by atoms with van der Waals surface area (Å²) < 4.78 is 18.1. The third-order valence-corrected chi connectivity index (χ3v) is 6.76. The van der Waals surface area contributed by atoms with Gasteiger partial charge in [0, 0.05) is 0 Å². The molecule has 7 nitrogen and oxygen atoms in total. The number of ether oxygens (including phenoxy) is 3. The van der Waals surface area contributed by atoms with Crippen molar-refractivity contribution in [3.05, 3.63) is 77.3 Å². The Bertz CT molecular complexity index is 1330. The van der Waals surface area contributed by atoms with Crippen LogP contribution in [0.15, 0.2) is 76.8 Å². The van der Waals surface area contributed by atoms with Gasteiger partial charge in [0.15, 0.2) is 22.3 Å². The average Bonchev–Trinajstić information content (AvgIpc) is 3.38. The topological polar surface area (TPSA) is 77.3 Å². The maximum atomic E-state index is 5.93. The number of hydrogen-bond acceptors (Lipinski definition) is 7. The minimum atomic E-state index is 0.561. The van der Waals surface area contributed by atoms with Crippen molar-refractivity contribution in [2.45, 2.75) is 39.5 Å². The number of amidine groups is 1. The maximum absolute atomic E-state index is 5.93. The van der Waals surface area contributed by atoms with E-state index in [2.05, 4.69) is 17.5 Å². The lowest BCUT2D eigenvalue weighted by atomic mass is 10.2. The van der Waals surface area contributed by atoms with E-state index in [1.807, 2.05) is 73.7 Å². The zero-order valence-corrected chi connectivity index (χ0v) is 23.0. The zero-order valence-electron chi connectivity index (χ0n) is 22.1. The molecule has 1 heterocycles. The summed E-state index contributed by atoms with van der Waals surface area (Å²) in [6, 6.07) is 21.4. The second kappa shape index (κ2) is 14.1. The van der Waals surface area contributed by atoms with E-state index in [9.17, 15) is 0 Å². The standard InChI is InChI=1S/C30H34N4O3S/c1-4-6-7-10-19-37-26-18-13-22(20-27(26)35-3)21-31-34-29(30-33-25-11-8-9-12-28(25)38-30)32-23-14-16-24(17-15-23)36-5-2/h8-9,11-18,20-21H,4-7,10,19H2,1-3H3,(H,32,34)/b31-21+. The summed E-state index contributed by atoms with van der Waals surface area (Å²) in [5, 5.41) is 5.22. The van der Waals surface area contributed by atoms with Crippen molar-refractivity contribution in [2.75, 3.05) is 20.3 Å². The number of hydrogen-bond donors (Lipinski definition) is 1.